The summed E-state index contributed by atoms with van der Waals surface area (Å²) >= 11 is 4.48. The standard InChI is InChI=1S/C34H38N4O4S/c1-6-21-17(2)25-13-26-18(3)22(7-9-33(39)40)31(36-26)16-32-23(8-10-34(41)42)19(4)28(38-32)15-30-24(11-12-43)20(5)27(37-30)14-29(21)35-25/h6,11,13-16,35-38,43H,7-10,12H2,1-5H3,(H,39,40)(H,41,42)/b21-6-,24-11+,26-13-,29-14-,30-15-,31-16-. The summed E-state index contributed by atoms with van der Waals surface area (Å²) < 4.78 is 0. The fraction of sp³-hybridized carbons (Fsp3) is 0.294. The van der Waals surface area contributed by atoms with Crippen molar-refractivity contribution in [1.82, 2.24) is 19.9 Å². The van der Waals surface area contributed by atoms with Gasteiger partial charge in [0, 0.05) is 62.8 Å². The van der Waals surface area contributed by atoms with Gasteiger partial charge in [0.25, 0.3) is 0 Å². The summed E-state index contributed by atoms with van der Waals surface area (Å²) in [5.74, 6) is -1.14. The molecule has 0 aliphatic carbocycles. The molecule has 1 aliphatic rings. The molecule has 0 radical (unpaired) electrons. The predicted octanol–water partition coefficient (Wildman–Crippen LogP) is 1.41. The molecule has 0 spiro atoms. The van der Waals surface area contributed by atoms with Crippen molar-refractivity contribution in [3.05, 3.63) is 88.0 Å². The number of rotatable bonds is 7. The fourth-order valence-electron chi connectivity index (χ4n) is 6.13. The van der Waals surface area contributed by atoms with E-state index in [1.807, 2.05) is 26.8 Å². The molecule has 0 saturated heterocycles. The van der Waals surface area contributed by atoms with Gasteiger partial charge in [-0.05, 0) is 116 Å². The Morgan fingerprint density at radius 2 is 1.16 bits per heavy atom. The van der Waals surface area contributed by atoms with Crippen LogP contribution in [-0.2, 0) is 22.4 Å². The lowest BCUT2D eigenvalue weighted by molar-refractivity contribution is -0.138. The number of nitrogens with one attached hydrogen (secondary N) is 4. The Balaban J connectivity index is 1.94. The summed E-state index contributed by atoms with van der Waals surface area (Å²) in [5, 5.41) is 24.8. The van der Waals surface area contributed by atoms with Gasteiger partial charge in [0.2, 0.25) is 0 Å². The molecule has 0 saturated carbocycles. The summed E-state index contributed by atoms with van der Waals surface area (Å²) in [4.78, 5) is 37.5. The van der Waals surface area contributed by atoms with E-state index in [-0.39, 0.29) is 12.8 Å². The van der Waals surface area contributed by atoms with Crippen molar-refractivity contribution < 1.29 is 19.8 Å². The number of hydrogen-bond acceptors (Lipinski definition) is 3. The second-order valence-electron chi connectivity index (χ2n) is 11.1. The first-order chi connectivity index (χ1) is 20.5. The molecule has 0 fully saturated rings. The van der Waals surface area contributed by atoms with Crippen LogP contribution >= 0.6 is 12.6 Å². The molecule has 4 aromatic heterocycles. The minimum Gasteiger partial charge on any atom is -0.481 e. The van der Waals surface area contributed by atoms with Gasteiger partial charge >= 0.3 is 11.9 Å². The number of aliphatic carboxylic acids is 2. The first kappa shape index (κ1) is 30.1. The average Bonchev–Trinajstić information content (AvgIpc) is 3.61. The zero-order valence-corrected chi connectivity index (χ0v) is 26.1. The third-order valence-electron chi connectivity index (χ3n) is 8.55. The number of aromatic amines is 4. The van der Waals surface area contributed by atoms with Crippen LogP contribution in [0.5, 0.6) is 0 Å². The van der Waals surface area contributed by atoms with Gasteiger partial charge in [0.1, 0.15) is 0 Å². The van der Waals surface area contributed by atoms with E-state index in [2.05, 4.69) is 76.8 Å². The normalized spacial score (nSPS) is 16.5. The Morgan fingerprint density at radius 1 is 0.651 bits per heavy atom. The van der Waals surface area contributed by atoms with Crippen LogP contribution < -0.4 is 31.8 Å². The maximum absolute atomic E-state index is 11.6. The highest BCUT2D eigenvalue weighted by molar-refractivity contribution is 7.80. The first-order valence-corrected chi connectivity index (χ1v) is 15.1. The number of carboxylic acid groups (broad SMARTS) is 2. The SMILES string of the molecule is C/C=c1/c(C)c2[nH]/c1=C\c1[nH]c(/c(=C/CS)c1C)=C\c1[nH]c(c(CCC(=O)O)c1C)/C=c1\[nH]/c(c(C)c1CCC(=O)O)=C\2. The topological polar surface area (TPSA) is 138 Å². The number of carboxylic acids is 2. The van der Waals surface area contributed by atoms with Crippen LogP contribution in [0.15, 0.2) is 0 Å². The van der Waals surface area contributed by atoms with Crippen LogP contribution in [0.2, 0.25) is 0 Å². The van der Waals surface area contributed by atoms with Crippen LogP contribution in [0.3, 0.4) is 0 Å². The molecule has 0 amide bonds. The van der Waals surface area contributed by atoms with E-state index in [9.17, 15) is 19.8 Å². The van der Waals surface area contributed by atoms with Crippen LogP contribution in [0, 0.1) is 27.7 Å². The molecule has 4 aromatic rings. The summed E-state index contributed by atoms with van der Waals surface area (Å²) in [7, 11) is 0. The van der Waals surface area contributed by atoms with Gasteiger partial charge in [-0.2, -0.15) is 12.6 Å². The molecule has 9 heteroatoms. The highest BCUT2D eigenvalue weighted by atomic mass is 32.1. The van der Waals surface area contributed by atoms with Crippen molar-refractivity contribution >= 4 is 61.0 Å². The number of H-pyrrole nitrogens is 4. The van der Waals surface area contributed by atoms with Crippen molar-refractivity contribution in [2.75, 3.05) is 5.75 Å². The van der Waals surface area contributed by atoms with Gasteiger partial charge < -0.3 is 30.1 Å². The number of carbonyl (C=O) groups is 2. The van der Waals surface area contributed by atoms with E-state index >= 15 is 0 Å². The van der Waals surface area contributed by atoms with Gasteiger partial charge in [-0.3, -0.25) is 9.59 Å². The van der Waals surface area contributed by atoms with Gasteiger partial charge in [-0.1, -0.05) is 12.2 Å². The molecular weight excluding hydrogens is 560 g/mol. The van der Waals surface area contributed by atoms with E-state index in [1.54, 1.807) is 0 Å². The molecule has 0 aromatic carbocycles. The predicted molar refractivity (Wildman–Crippen MR) is 175 cm³/mol. The monoisotopic (exact) mass is 598 g/mol. The quantitative estimate of drug-likeness (QED) is 0.143. The van der Waals surface area contributed by atoms with Crippen LogP contribution in [-0.4, -0.2) is 47.8 Å². The van der Waals surface area contributed by atoms with Gasteiger partial charge in [0.15, 0.2) is 0 Å². The molecule has 224 valence electrons. The summed E-state index contributed by atoms with van der Waals surface area (Å²) in [6, 6.07) is 0. The first-order valence-electron chi connectivity index (χ1n) is 14.5. The molecule has 8 nitrogen and oxygen atoms in total. The third kappa shape index (κ3) is 5.82. The largest absolute Gasteiger partial charge is 0.481 e. The maximum Gasteiger partial charge on any atom is 0.303 e. The Morgan fingerprint density at radius 3 is 1.74 bits per heavy atom. The lowest BCUT2D eigenvalue weighted by Crippen LogP contribution is -2.24. The van der Waals surface area contributed by atoms with E-state index in [1.165, 1.54) is 0 Å². The zero-order valence-electron chi connectivity index (χ0n) is 25.2. The van der Waals surface area contributed by atoms with Crippen molar-refractivity contribution in [2.24, 2.45) is 0 Å². The second-order valence-corrected chi connectivity index (χ2v) is 11.5. The molecule has 0 atom stereocenters. The average molecular weight is 599 g/mol. The number of aromatic nitrogens is 4. The lowest BCUT2D eigenvalue weighted by atomic mass is 10.0. The highest BCUT2D eigenvalue weighted by Gasteiger charge is 2.16. The minimum atomic E-state index is -0.861. The summed E-state index contributed by atoms with van der Waals surface area (Å²) in [6.07, 6.45) is 13.2. The summed E-state index contributed by atoms with van der Waals surface area (Å²) in [5.41, 5.74) is 9.65. The van der Waals surface area contributed by atoms with Crippen LogP contribution in [0.4, 0.5) is 0 Å². The van der Waals surface area contributed by atoms with Crippen molar-refractivity contribution in [3.8, 4) is 0 Å². The number of hydrogen-bond donors (Lipinski definition) is 7. The van der Waals surface area contributed by atoms with Crippen molar-refractivity contribution in [2.45, 2.75) is 60.3 Å². The van der Waals surface area contributed by atoms with Gasteiger partial charge in [-0.25, -0.2) is 0 Å². The molecular formula is C34H38N4O4S. The smallest absolute Gasteiger partial charge is 0.303 e. The minimum absolute atomic E-state index is 0.00190. The van der Waals surface area contributed by atoms with E-state index in [4.69, 9.17) is 0 Å². The Bertz CT molecular complexity index is 2140. The third-order valence-corrected chi connectivity index (χ3v) is 8.74. The molecule has 43 heavy (non-hydrogen) atoms. The van der Waals surface area contributed by atoms with E-state index < -0.39 is 11.9 Å². The Kier molecular flexibility index (Phi) is 8.46. The molecule has 6 N–H and O–H groups in total. The summed E-state index contributed by atoms with van der Waals surface area (Å²) in [6.45, 7) is 10.2. The van der Waals surface area contributed by atoms with Crippen LogP contribution in [0.1, 0.15) is 75.9 Å². The molecule has 1 aliphatic heterocycles. The van der Waals surface area contributed by atoms with Crippen molar-refractivity contribution in [3.63, 3.8) is 0 Å². The molecule has 8 bridgehead atoms. The molecule has 5 rings (SSSR count). The van der Waals surface area contributed by atoms with Crippen molar-refractivity contribution in [1.29, 1.82) is 0 Å². The Labute approximate surface area is 254 Å². The Hall–Kier alpha value is -4.37. The van der Waals surface area contributed by atoms with Crippen LogP contribution in [0.25, 0.3) is 36.5 Å². The van der Waals surface area contributed by atoms with Gasteiger partial charge in [-0.15, -0.1) is 0 Å². The highest BCUT2D eigenvalue weighted by Crippen LogP contribution is 2.22. The molecule has 0 unspecified atom stereocenters. The number of fused-ring (bicyclic) bond motifs is 8. The molecule has 5 heterocycles. The zero-order chi connectivity index (χ0) is 31.0. The lowest BCUT2D eigenvalue weighted by Gasteiger charge is -2.01. The number of thiol groups is 1. The maximum atomic E-state index is 11.6. The van der Waals surface area contributed by atoms with Gasteiger partial charge in [0.05, 0.1) is 0 Å². The second kappa shape index (κ2) is 12.1. The van der Waals surface area contributed by atoms with E-state index in [0.29, 0.717) is 18.6 Å². The fourth-order valence-corrected chi connectivity index (χ4v) is 6.31. The van der Waals surface area contributed by atoms with E-state index in [0.717, 1.165) is 88.0 Å².